The molecule has 0 spiro atoms. The summed E-state index contributed by atoms with van der Waals surface area (Å²) in [5.41, 5.74) is 2.08. The number of benzene rings is 1. The van der Waals surface area contributed by atoms with Crippen molar-refractivity contribution in [3.63, 3.8) is 0 Å². The summed E-state index contributed by atoms with van der Waals surface area (Å²) in [7, 11) is 0. The standard InChI is InChI=1S/C19H28N2O3/c1-4-24-19(23)16-6-5-11-21(12-16)13-18(22)20-17-9-7-15(8-10-17)14(2)3/h7-10,14,16H,4-6,11-13H2,1-3H3,(H,20,22)/p+1/t16-/m0/s1. The Morgan fingerprint density at radius 3 is 2.62 bits per heavy atom. The second kappa shape index (κ2) is 8.83. The van der Waals surface area contributed by atoms with Crippen molar-refractivity contribution < 1.29 is 19.2 Å². The second-order valence-electron chi connectivity index (χ2n) is 6.80. The number of ether oxygens (including phenoxy) is 1. The van der Waals surface area contributed by atoms with E-state index < -0.39 is 0 Å². The smallest absolute Gasteiger partial charge is 0.314 e. The zero-order chi connectivity index (χ0) is 17.5. The Bertz CT molecular complexity index is 554. The van der Waals surface area contributed by atoms with Crippen LogP contribution in [-0.2, 0) is 14.3 Å². The largest absolute Gasteiger partial charge is 0.466 e. The molecule has 0 aliphatic carbocycles. The summed E-state index contributed by atoms with van der Waals surface area (Å²) in [5, 5.41) is 2.95. The molecule has 2 N–H and O–H groups in total. The van der Waals surface area contributed by atoms with Gasteiger partial charge in [0.15, 0.2) is 6.54 Å². The first-order chi connectivity index (χ1) is 11.5. The summed E-state index contributed by atoms with van der Waals surface area (Å²) < 4.78 is 5.11. The summed E-state index contributed by atoms with van der Waals surface area (Å²) in [5.74, 6) is 0.269. The molecular weight excluding hydrogens is 304 g/mol. The molecule has 1 heterocycles. The number of hydrogen-bond acceptors (Lipinski definition) is 3. The average molecular weight is 333 g/mol. The Labute approximate surface area is 144 Å². The van der Waals surface area contributed by atoms with Crippen molar-refractivity contribution in [2.24, 2.45) is 5.92 Å². The molecule has 1 aromatic rings. The lowest BCUT2D eigenvalue weighted by molar-refractivity contribution is -0.899. The van der Waals surface area contributed by atoms with Gasteiger partial charge in [-0.25, -0.2) is 0 Å². The molecule has 2 atom stereocenters. The average Bonchev–Trinajstić information content (AvgIpc) is 2.55. The van der Waals surface area contributed by atoms with Crippen molar-refractivity contribution >= 4 is 17.6 Å². The predicted octanol–water partition coefficient (Wildman–Crippen LogP) is 1.61. The van der Waals surface area contributed by atoms with E-state index in [-0.39, 0.29) is 17.8 Å². The van der Waals surface area contributed by atoms with Crippen molar-refractivity contribution in [3.8, 4) is 0 Å². The highest BCUT2D eigenvalue weighted by molar-refractivity contribution is 5.91. The van der Waals surface area contributed by atoms with Crippen molar-refractivity contribution in [1.82, 2.24) is 0 Å². The molecule has 1 aliphatic rings. The van der Waals surface area contributed by atoms with Crippen LogP contribution >= 0.6 is 0 Å². The van der Waals surface area contributed by atoms with Crippen LogP contribution in [0.15, 0.2) is 24.3 Å². The van der Waals surface area contributed by atoms with Gasteiger partial charge in [0.2, 0.25) is 0 Å². The number of amides is 1. The Balaban J connectivity index is 1.84. The molecule has 2 rings (SSSR count). The fraction of sp³-hybridized carbons (Fsp3) is 0.579. The Hall–Kier alpha value is -1.88. The number of likely N-dealkylation sites (tertiary alicyclic amines) is 1. The first-order valence-electron chi connectivity index (χ1n) is 8.89. The van der Waals surface area contributed by atoms with E-state index in [1.54, 1.807) is 0 Å². The number of anilines is 1. The van der Waals surface area contributed by atoms with Gasteiger partial charge in [0.1, 0.15) is 5.92 Å². The molecule has 24 heavy (non-hydrogen) atoms. The maximum absolute atomic E-state index is 12.3. The van der Waals surface area contributed by atoms with Gasteiger partial charge in [0.05, 0.1) is 19.7 Å². The highest BCUT2D eigenvalue weighted by Crippen LogP contribution is 2.17. The number of esters is 1. The molecule has 1 aliphatic heterocycles. The van der Waals surface area contributed by atoms with E-state index in [1.807, 2.05) is 31.2 Å². The fourth-order valence-corrected chi connectivity index (χ4v) is 3.16. The number of piperidine rings is 1. The van der Waals surface area contributed by atoms with Gasteiger partial charge in [-0.1, -0.05) is 26.0 Å². The predicted molar refractivity (Wildman–Crippen MR) is 94.1 cm³/mol. The Morgan fingerprint density at radius 1 is 1.29 bits per heavy atom. The number of carbonyl (C=O) groups excluding carboxylic acids is 2. The van der Waals surface area contributed by atoms with Gasteiger partial charge in [-0.05, 0) is 43.4 Å². The summed E-state index contributed by atoms with van der Waals surface area (Å²) in [6.45, 7) is 8.53. The van der Waals surface area contributed by atoms with Gasteiger partial charge in [0, 0.05) is 5.69 Å². The molecule has 0 aromatic heterocycles. The lowest BCUT2D eigenvalue weighted by Gasteiger charge is -2.28. The van der Waals surface area contributed by atoms with E-state index in [4.69, 9.17) is 4.74 Å². The molecule has 0 radical (unpaired) electrons. The molecule has 1 aromatic carbocycles. The lowest BCUT2D eigenvalue weighted by atomic mass is 9.98. The van der Waals surface area contributed by atoms with Crippen LogP contribution in [-0.4, -0.2) is 38.1 Å². The number of rotatable bonds is 6. The van der Waals surface area contributed by atoms with Crippen molar-refractivity contribution in [3.05, 3.63) is 29.8 Å². The van der Waals surface area contributed by atoms with Gasteiger partial charge in [-0.15, -0.1) is 0 Å². The Kier molecular flexibility index (Phi) is 6.79. The van der Waals surface area contributed by atoms with E-state index in [2.05, 4.69) is 19.2 Å². The number of nitrogens with one attached hydrogen (secondary N) is 2. The van der Waals surface area contributed by atoms with Crippen LogP contribution < -0.4 is 10.2 Å². The van der Waals surface area contributed by atoms with Gasteiger partial charge in [-0.3, -0.25) is 9.59 Å². The lowest BCUT2D eigenvalue weighted by Crippen LogP contribution is -3.14. The topological polar surface area (TPSA) is 59.8 Å². The highest BCUT2D eigenvalue weighted by Gasteiger charge is 2.30. The van der Waals surface area contributed by atoms with Crippen molar-refractivity contribution in [1.29, 1.82) is 0 Å². The minimum Gasteiger partial charge on any atom is -0.466 e. The number of carbonyl (C=O) groups is 2. The van der Waals surface area contributed by atoms with E-state index in [0.29, 0.717) is 25.6 Å². The van der Waals surface area contributed by atoms with Crippen molar-refractivity contribution in [2.75, 3.05) is 31.6 Å². The summed E-state index contributed by atoms with van der Waals surface area (Å²) >= 11 is 0. The van der Waals surface area contributed by atoms with Crippen LogP contribution in [0.2, 0.25) is 0 Å². The molecule has 0 saturated carbocycles. The third-order valence-electron chi connectivity index (χ3n) is 4.51. The first-order valence-corrected chi connectivity index (χ1v) is 8.89. The summed E-state index contributed by atoms with van der Waals surface area (Å²) in [6, 6.07) is 7.98. The van der Waals surface area contributed by atoms with Gasteiger partial charge < -0.3 is 15.0 Å². The zero-order valence-corrected chi connectivity index (χ0v) is 14.9. The van der Waals surface area contributed by atoms with Crippen LogP contribution in [0.25, 0.3) is 0 Å². The summed E-state index contributed by atoms with van der Waals surface area (Å²) in [4.78, 5) is 25.3. The molecule has 1 unspecified atom stereocenters. The monoisotopic (exact) mass is 333 g/mol. The normalized spacial score (nSPS) is 20.7. The van der Waals surface area contributed by atoms with E-state index in [1.165, 1.54) is 5.56 Å². The third kappa shape index (κ3) is 5.34. The van der Waals surface area contributed by atoms with Gasteiger partial charge in [-0.2, -0.15) is 0 Å². The van der Waals surface area contributed by atoms with Crippen LogP contribution in [0.4, 0.5) is 5.69 Å². The first kappa shape index (κ1) is 18.5. The maximum atomic E-state index is 12.3. The highest BCUT2D eigenvalue weighted by atomic mass is 16.5. The van der Waals surface area contributed by atoms with E-state index in [9.17, 15) is 9.59 Å². The summed E-state index contributed by atoms with van der Waals surface area (Å²) in [6.07, 6.45) is 1.82. The molecule has 5 heteroatoms. The third-order valence-corrected chi connectivity index (χ3v) is 4.51. The molecule has 1 amide bonds. The Morgan fingerprint density at radius 2 is 2.00 bits per heavy atom. The molecule has 132 valence electrons. The van der Waals surface area contributed by atoms with Crippen LogP contribution in [0.3, 0.4) is 0 Å². The molecule has 5 nitrogen and oxygen atoms in total. The molecule has 1 saturated heterocycles. The zero-order valence-electron chi connectivity index (χ0n) is 14.9. The van der Waals surface area contributed by atoms with E-state index >= 15 is 0 Å². The van der Waals surface area contributed by atoms with E-state index in [0.717, 1.165) is 30.0 Å². The van der Waals surface area contributed by atoms with Gasteiger partial charge >= 0.3 is 5.97 Å². The minimum atomic E-state index is -0.126. The maximum Gasteiger partial charge on any atom is 0.314 e. The molecule has 0 bridgehead atoms. The quantitative estimate of drug-likeness (QED) is 0.778. The SMILES string of the molecule is CCOC(=O)[C@H]1CCC[NH+](CC(=O)Nc2ccc(C(C)C)cc2)C1. The van der Waals surface area contributed by atoms with Crippen LogP contribution in [0, 0.1) is 5.92 Å². The second-order valence-corrected chi connectivity index (χ2v) is 6.80. The van der Waals surface area contributed by atoms with Crippen molar-refractivity contribution in [2.45, 2.75) is 39.5 Å². The number of quaternary nitrogens is 1. The number of hydrogen-bond donors (Lipinski definition) is 2. The minimum absolute atomic E-state index is 0.00759. The fourth-order valence-electron chi connectivity index (χ4n) is 3.16. The van der Waals surface area contributed by atoms with Crippen LogP contribution in [0.5, 0.6) is 0 Å². The van der Waals surface area contributed by atoms with Crippen LogP contribution in [0.1, 0.15) is 45.1 Å². The molecule has 1 fully saturated rings. The molecular formula is C19H29N2O3+. The van der Waals surface area contributed by atoms with Gasteiger partial charge in [0.25, 0.3) is 5.91 Å².